The number of primary amides is 1. The Hall–Kier alpha value is -1.38. The molecule has 0 aromatic carbocycles. The monoisotopic (exact) mass is 193 g/mol. The SMILES string of the molecule is CC(=O)C(CC1=CCCC=C1)C(N)=O. The molecule has 0 aromatic heterocycles. The van der Waals surface area contributed by atoms with Crippen molar-refractivity contribution < 1.29 is 9.59 Å². The Labute approximate surface area is 83.7 Å². The fourth-order valence-corrected chi connectivity index (χ4v) is 1.50. The number of ketones is 1. The van der Waals surface area contributed by atoms with Gasteiger partial charge in [-0.3, -0.25) is 9.59 Å². The summed E-state index contributed by atoms with van der Waals surface area (Å²) in [6.07, 6.45) is 8.52. The lowest BCUT2D eigenvalue weighted by atomic mass is 9.92. The maximum atomic E-state index is 11.1. The summed E-state index contributed by atoms with van der Waals surface area (Å²) in [5.74, 6) is -1.35. The van der Waals surface area contributed by atoms with Crippen LogP contribution in [0.4, 0.5) is 0 Å². The molecule has 0 fully saturated rings. The predicted molar refractivity (Wildman–Crippen MR) is 54.4 cm³/mol. The molecule has 0 saturated carbocycles. The van der Waals surface area contributed by atoms with E-state index in [9.17, 15) is 9.59 Å². The summed E-state index contributed by atoms with van der Waals surface area (Å²) in [7, 11) is 0. The van der Waals surface area contributed by atoms with Gasteiger partial charge < -0.3 is 5.73 Å². The highest BCUT2D eigenvalue weighted by Crippen LogP contribution is 2.18. The molecule has 1 aliphatic rings. The first kappa shape index (κ1) is 10.7. The van der Waals surface area contributed by atoms with Crippen LogP contribution in [0.1, 0.15) is 26.2 Å². The first-order valence-electron chi connectivity index (χ1n) is 4.76. The predicted octanol–water partition coefficient (Wildman–Crippen LogP) is 1.34. The summed E-state index contributed by atoms with van der Waals surface area (Å²) >= 11 is 0. The third-order valence-corrected chi connectivity index (χ3v) is 2.35. The smallest absolute Gasteiger partial charge is 0.228 e. The second-order valence-corrected chi connectivity index (χ2v) is 3.53. The van der Waals surface area contributed by atoms with Crippen molar-refractivity contribution in [3.05, 3.63) is 23.8 Å². The number of Topliss-reactive ketones (excluding diaryl/α,β-unsaturated/α-hetero) is 1. The zero-order valence-corrected chi connectivity index (χ0v) is 8.32. The second kappa shape index (κ2) is 4.74. The van der Waals surface area contributed by atoms with Gasteiger partial charge in [0.05, 0.1) is 5.92 Å². The molecule has 0 spiro atoms. The number of nitrogens with two attached hydrogens (primary N) is 1. The molecule has 0 aromatic rings. The van der Waals surface area contributed by atoms with Crippen LogP contribution >= 0.6 is 0 Å². The molecule has 3 nitrogen and oxygen atoms in total. The molecular formula is C11H15NO2. The topological polar surface area (TPSA) is 60.2 Å². The van der Waals surface area contributed by atoms with Crippen LogP contribution in [0.3, 0.4) is 0 Å². The quantitative estimate of drug-likeness (QED) is 0.685. The van der Waals surface area contributed by atoms with E-state index >= 15 is 0 Å². The Morgan fingerprint density at radius 1 is 1.50 bits per heavy atom. The van der Waals surface area contributed by atoms with E-state index < -0.39 is 11.8 Å². The highest BCUT2D eigenvalue weighted by Gasteiger charge is 2.21. The number of allylic oxidation sites excluding steroid dienone is 4. The lowest BCUT2D eigenvalue weighted by molar-refractivity contribution is -0.130. The lowest BCUT2D eigenvalue weighted by Crippen LogP contribution is -2.29. The molecule has 0 radical (unpaired) electrons. The average molecular weight is 193 g/mol. The summed E-state index contributed by atoms with van der Waals surface area (Å²) in [6, 6.07) is 0. The molecule has 1 amide bonds. The molecule has 0 aliphatic heterocycles. The van der Waals surface area contributed by atoms with Gasteiger partial charge in [-0.25, -0.2) is 0 Å². The molecule has 1 unspecified atom stereocenters. The number of carbonyl (C=O) groups is 2. The average Bonchev–Trinajstić information content (AvgIpc) is 2.15. The van der Waals surface area contributed by atoms with Gasteiger partial charge in [0.2, 0.25) is 5.91 Å². The van der Waals surface area contributed by atoms with Crippen molar-refractivity contribution in [2.75, 3.05) is 0 Å². The van der Waals surface area contributed by atoms with Crippen LogP contribution in [0.25, 0.3) is 0 Å². The second-order valence-electron chi connectivity index (χ2n) is 3.53. The van der Waals surface area contributed by atoms with E-state index in [0.29, 0.717) is 6.42 Å². The van der Waals surface area contributed by atoms with Crippen LogP contribution in [0.15, 0.2) is 23.8 Å². The minimum atomic E-state index is -0.663. The zero-order valence-electron chi connectivity index (χ0n) is 8.32. The van der Waals surface area contributed by atoms with E-state index in [4.69, 9.17) is 5.73 Å². The van der Waals surface area contributed by atoms with Crippen molar-refractivity contribution in [1.29, 1.82) is 0 Å². The molecule has 0 heterocycles. The Balaban J connectivity index is 2.64. The van der Waals surface area contributed by atoms with Crippen molar-refractivity contribution >= 4 is 11.7 Å². The first-order chi connectivity index (χ1) is 6.61. The van der Waals surface area contributed by atoms with Crippen LogP contribution in [-0.4, -0.2) is 11.7 Å². The number of hydrogen-bond donors (Lipinski definition) is 1. The molecule has 2 N–H and O–H groups in total. The van der Waals surface area contributed by atoms with Crippen LogP contribution in [0, 0.1) is 5.92 Å². The summed E-state index contributed by atoms with van der Waals surface area (Å²) in [6.45, 7) is 1.41. The van der Waals surface area contributed by atoms with Gasteiger partial charge in [0, 0.05) is 0 Å². The maximum absolute atomic E-state index is 11.1. The molecule has 1 aliphatic carbocycles. The van der Waals surface area contributed by atoms with E-state index in [2.05, 4.69) is 6.08 Å². The Morgan fingerprint density at radius 3 is 2.64 bits per heavy atom. The highest BCUT2D eigenvalue weighted by atomic mass is 16.2. The third kappa shape index (κ3) is 2.83. The Morgan fingerprint density at radius 2 is 2.21 bits per heavy atom. The number of rotatable bonds is 4. The van der Waals surface area contributed by atoms with Gasteiger partial charge in [-0.1, -0.05) is 23.8 Å². The Bertz CT molecular complexity index is 288. The maximum Gasteiger partial charge on any atom is 0.228 e. The summed E-state index contributed by atoms with van der Waals surface area (Å²) in [5, 5.41) is 0. The minimum absolute atomic E-state index is 0.155. The molecule has 0 bridgehead atoms. The molecule has 1 atom stereocenters. The minimum Gasteiger partial charge on any atom is -0.369 e. The van der Waals surface area contributed by atoms with Gasteiger partial charge in [-0.2, -0.15) is 0 Å². The standard InChI is InChI=1S/C11H15NO2/c1-8(13)10(11(12)14)7-9-5-3-2-4-6-9/h3,5-6,10H,2,4,7H2,1H3,(H2,12,14). The molecular weight excluding hydrogens is 178 g/mol. The van der Waals surface area contributed by atoms with Crippen molar-refractivity contribution in [1.82, 2.24) is 0 Å². The van der Waals surface area contributed by atoms with Gasteiger partial charge in [-0.05, 0) is 26.2 Å². The number of hydrogen-bond acceptors (Lipinski definition) is 2. The molecule has 76 valence electrons. The van der Waals surface area contributed by atoms with E-state index in [1.54, 1.807) is 0 Å². The largest absolute Gasteiger partial charge is 0.369 e. The molecule has 1 rings (SSSR count). The van der Waals surface area contributed by atoms with Crippen molar-refractivity contribution in [2.45, 2.75) is 26.2 Å². The van der Waals surface area contributed by atoms with Gasteiger partial charge >= 0.3 is 0 Å². The van der Waals surface area contributed by atoms with Gasteiger partial charge in [0.15, 0.2) is 0 Å². The fourth-order valence-electron chi connectivity index (χ4n) is 1.50. The van der Waals surface area contributed by atoms with Crippen LogP contribution in [0.2, 0.25) is 0 Å². The van der Waals surface area contributed by atoms with Crippen molar-refractivity contribution in [2.24, 2.45) is 11.7 Å². The van der Waals surface area contributed by atoms with E-state index in [0.717, 1.165) is 18.4 Å². The first-order valence-corrected chi connectivity index (χ1v) is 4.76. The van der Waals surface area contributed by atoms with Crippen molar-refractivity contribution in [3.8, 4) is 0 Å². The number of amides is 1. The fraction of sp³-hybridized carbons (Fsp3) is 0.455. The zero-order chi connectivity index (χ0) is 10.6. The highest BCUT2D eigenvalue weighted by molar-refractivity contribution is 5.99. The van der Waals surface area contributed by atoms with Crippen LogP contribution in [0.5, 0.6) is 0 Å². The van der Waals surface area contributed by atoms with E-state index in [-0.39, 0.29) is 5.78 Å². The molecule has 14 heavy (non-hydrogen) atoms. The molecule has 3 heteroatoms. The normalized spacial score (nSPS) is 17.4. The third-order valence-electron chi connectivity index (χ3n) is 2.35. The van der Waals surface area contributed by atoms with Gasteiger partial charge in [-0.15, -0.1) is 0 Å². The summed E-state index contributed by atoms with van der Waals surface area (Å²) < 4.78 is 0. The molecule has 0 saturated heterocycles. The van der Waals surface area contributed by atoms with Crippen LogP contribution in [-0.2, 0) is 9.59 Å². The van der Waals surface area contributed by atoms with Gasteiger partial charge in [0.1, 0.15) is 5.78 Å². The number of carbonyl (C=O) groups excluding carboxylic acids is 2. The van der Waals surface area contributed by atoms with Crippen LogP contribution < -0.4 is 5.73 Å². The Kier molecular flexibility index (Phi) is 3.63. The summed E-state index contributed by atoms with van der Waals surface area (Å²) in [4.78, 5) is 22.1. The lowest BCUT2D eigenvalue weighted by Gasteiger charge is -2.12. The van der Waals surface area contributed by atoms with E-state index in [1.807, 2.05) is 12.2 Å². The van der Waals surface area contributed by atoms with Gasteiger partial charge in [0.25, 0.3) is 0 Å². The van der Waals surface area contributed by atoms with Crippen molar-refractivity contribution in [3.63, 3.8) is 0 Å². The summed E-state index contributed by atoms with van der Waals surface area (Å²) in [5.41, 5.74) is 6.18. The van der Waals surface area contributed by atoms with E-state index in [1.165, 1.54) is 6.92 Å².